The van der Waals surface area contributed by atoms with Gasteiger partial charge in [0.1, 0.15) is 0 Å². The summed E-state index contributed by atoms with van der Waals surface area (Å²) in [7, 11) is 0. The van der Waals surface area contributed by atoms with Crippen molar-refractivity contribution in [1.29, 1.82) is 0 Å². The Bertz CT molecular complexity index is 157. The Morgan fingerprint density at radius 1 is 1.13 bits per heavy atom. The molecule has 1 N–H and O–H groups in total. The third kappa shape index (κ3) is 5.55. The molecule has 0 spiro atoms. The largest absolute Gasteiger partial charge is 0.390 e. The van der Waals surface area contributed by atoms with E-state index < -0.39 is 5.60 Å². The summed E-state index contributed by atoms with van der Waals surface area (Å²) >= 11 is 0. The average Bonchev–Trinajstić information content (AvgIpc) is 2.18. The van der Waals surface area contributed by atoms with Crippen LogP contribution in [0.25, 0.3) is 0 Å². The van der Waals surface area contributed by atoms with E-state index in [1.807, 2.05) is 6.92 Å². The van der Waals surface area contributed by atoms with E-state index in [1.165, 1.54) is 51.4 Å². The molecule has 90 valence electrons. The molecule has 0 aromatic rings. The number of aliphatic hydroxyl groups is 1. The van der Waals surface area contributed by atoms with Crippen LogP contribution in [-0.2, 0) is 0 Å². The van der Waals surface area contributed by atoms with Crippen molar-refractivity contribution in [2.75, 3.05) is 0 Å². The zero-order chi connectivity index (χ0) is 11.1. The van der Waals surface area contributed by atoms with Gasteiger partial charge < -0.3 is 5.11 Å². The van der Waals surface area contributed by atoms with Crippen LogP contribution in [0.5, 0.6) is 0 Å². The summed E-state index contributed by atoms with van der Waals surface area (Å²) in [5.74, 6) is 0.801. The number of unbranched alkanes of at least 4 members (excludes halogenated alkanes) is 2. The Morgan fingerprint density at radius 2 is 1.80 bits per heavy atom. The summed E-state index contributed by atoms with van der Waals surface area (Å²) in [6.07, 6.45) is 12.6. The van der Waals surface area contributed by atoms with Gasteiger partial charge in [0.05, 0.1) is 5.60 Å². The molecule has 0 aromatic heterocycles. The Morgan fingerprint density at radius 3 is 2.40 bits per heavy atom. The van der Waals surface area contributed by atoms with Crippen LogP contribution >= 0.6 is 0 Å². The van der Waals surface area contributed by atoms with Crippen LogP contribution in [0.2, 0.25) is 0 Å². The molecule has 0 heterocycles. The molecule has 0 aliphatic heterocycles. The first-order valence-corrected chi connectivity index (χ1v) is 6.86. The molecule has 0 saturated heterocycles. The lowest BCUT2D eigenvalue weighted by Crippen LogP contribution is -2.28. The molecule has 1 saturated carbocycles. The minimum absolute atomic E-state index is 0.392. The van der Waals surface area contributed by atoms with Crippen molar-refractivity contribution in [3.63, 3.8) is 0 Å². The Balaban J connectivity index is 2.20. The van der Waals surface area contributed by atoms with Crippen LogP contribution in [0.1, 0.15) is 78.1 Å². The van der Waals surface area contributed by atoms with Gasteiger partial charge in [-0.2, -0.15) is 0 Å². The van der Waals surface area contributed by atoms with E-state index in [4.69, 9.17) is 0 Å². The first-order chi connectivity index (χ1) is 7.14. The van der Waals surface area contributed by atoms with Crippen molar-refractivity contribution in [2.24, 2.45) is 5.92 Å². The molecular weight excluding hydrogens is 184 g/mol. The summed E-state index contributed by atoms with van der Waals surface area (Å²) in [4.78, 5) is 0. The minimum Gasteiger partial charge on any atom is -0.390 e. The van der Waals surface area contributed by atoms with Crippen LogP contribution < -0.4 is 0 Å². The van der Waals surface area contributed by atoms with E-state index in [0.29, 0.717) is 0 Å². The van der Waals surface area contributed by atoms with Gasteiger partial charge in [0.15, 0.2) is 0 Å². The standard InChI is InChI=1S/C14H28O/c1-3-4-8-11-14(2,15)12-13-9-6-5-7-10-13/h13,15H,3-12H2,1-2H3. The molecule has 1 aliphatic rings. The third-order valence-corrected chi connectivity index (χ3v) is 3.77. The van der Waals surface area contributed by atoms with Gasteiger partial charge in [0, 0.05) is 0 Å². The topological polar surface area (TPSA) is 20.2 Å². The van der Waals surface area contributed by atoms with E-state index in [-0.39, 0.29) is 0 Å². The normalized spacial score (nSPS) is 22.6. The van der Waals surface area contributed by atoms with E-state index >= 15 is 0 Å². The fourth-order valence-corrected chi connectivity index (χ4v) is 2.87. The van der Waals surface area contributed by atoms with Crippen LogP contribution in [0, 0.1) is 5.92 Å². The molecule has 0 amide bonds. The van der Waals surface area contributed by atoms with Crippen molar-refractivity contribution >= 4 is 0 Å². The lowest BCUT2D eigenvalue weighted by molar-refractivity contribution is 0.0174. The monoisotopic (exact) mass is 212 g/mol. The van der Waals surface area contributed by atoms with E-state index in [9.17, 15) is 5.11 Å². The zero-order valence-corrected chi connectivity index (χ0v) is 10.6. The maximum atomic E-state index is 10.3. The third-order valence-electron chi connectivity index (χ3n) is 3.77. The van der Waals surface area contributed by atoms with Crippen molar-refractivity contribution in [3.05, 3.63) is 0 Å². The lowest BCUT2D eigenvalue weighted by atomic mass is 9.80. The second kappa shape index (κ2) is 6.52. The smallest absolute Gasteiger partial charge is 0.0622 e. The Kier molecular flexibility index (Phi) is 5.66. The molecular formula is C14H28O. The molecule has 0 radical (unpaired) electrons. The second-order valence-corrected chi connectivity index (χ2v) is 5.66. The highest BCUT2D eigenvalue weighted by Gasteiger charge is 2.25. The lowest BCUT2D eigenvalue weighted by Gasteiger charge is -2.30. The molecule has 1 unspecified atom stereocenters. The summed E-state index contributed by atoms with van der Waals surface area (Å²) in [5.41, 5.74) is -0.392. The van der Waals surface area contributed by atoms with Crippen molar-refractivity contribution in [3.8, 4) is 0 Å². The van der Waals surface area contributed by atoms with Gasteiger partial charge in [-0.05, 0) is 25.7 Å². The second-order valence-electron chi connectivity index (χ2n) is 5.66. The van der Waals surface area contributed by atoms with Gasteiger partial charge in [0.25, 0.3) is 0 Å². The van der Waals surface area contributed by atoms with Gasteiger partial charge in [-0.25, -0.2) is 0 Å². The van der Waals surface area contributed by atoms with Crippen LogP contribution in [0.4, 0.5) is 0 Å². The first-order valence-electron chi connectivity index (χ1n) is 6.86. The van der Waals surface area contributed by atoms with Crippen molar-refractivity contribution < 1.29 is 5.11 Å². The summed E-state index contributed by atoms with van der Waals surface area (Å²) in [6.45, 7) is 4.26. The van der Waals surface area contributed by atoms with Gasteiger partial charge in [-0.1, -0.05) is 58.3 Å². The van der Waals surface area contributed by atoms with Gasteiger partial charge in [0.2, 0.25) is 0 Å². The molecule has 1 nitrogen and oxygen atoms in total. The zero-order valence-electron chi connectivity index (χ0n) is 10.6. The highest BCUT2D eigenvalue weighted by atomic mass is 16.3. The fraction of sp³-hybridized carbons (Fsp3) is 1.00. The molecule has 1 rings (SSSR count). The quantitative estimate of drug-likeness (QED) is 0.651. The number of hydrogen-bond donors (Lipinski definition) is 1. The predicted molar refractivity (Wildman–Crippen MR) is 66.0 cm³/mol. The Labute approximate surface area is 95.3 Å². The predicted octanol–water partition coefficient (Wildman–Crippen LogP) is 4.29. The summed E-state index contributed by atoms with van der Waals surface area (Å²) in [5, 5.41) is 10.3. The Hall–Kier alpha value is -0.0400. The maximum absolute atomic E-state index is 10.3. The SMILES string of the molecule is CCCCCC(C)(O)CC1CCCCC1. The van der Waals surface area contributed by atoms with Crippen molar-refractivity contribution in [1.82, 2.24) is 0 Å². The van der Waals surface area contributed by atoms with Crippen LogP contribution in [-0.4, -0.2) is 10.7 Å². The highest BCUT2D eigenvalue weighted by molar-refractivity contribution is 4.78. The summed E-state index contributed by atoms with van der Waals surface area (Å²) < 4.78 is 0. The molecule has 15 heavy (non-hydrogen) atoms. The molecule has 1 aliphatic carbocycles. The van der Waals surface area contributed by atoms with E-state index in [0.717, 1.165) is 18.8 Å². The van der Waals surface area contributed by atoms with Gasteiger partial charge in [-0.3, -0.25) is 0 Å². The van der Waals surface area contributed by atoms with Crippen LogP contribution in [0.15, 0.2) is 0 Å². The first kappa shape index (κ1) is 13.0. The number of hydrogen-bond acceptors (Lipinski definition) is 1. The minimum atomic E-state index is -0.392. The molecule has 1 fully saturated rings. The van der Waals surface area contributed by atoms with E-state index in [1.54, 1.807) is 0 Å². The fourth-order valence-electron chi connectivity index (χ4n) is 2.87. The van der Waals surface area contributed by atoms with Gasteiger partial charge >= 0.3 is 0 Å². The van der Waals surface area contributed by atoms with E-state index in [2.05, 4.69) is 6.92 Å². The van der Waals surface area contributed by atoms with Gasteiger partial charge in [-0.15, -0.1) is 0 Å². The molecule has 0 bridgehead atoms. The number of rotatable bonds is 6. The van der Waals surface area contributed by atoms with Crippen LogP contribution in [0.3, 0.4) is 0 Å². The molecule has 1 atom stereocenters. The maximum Gasteiger partial charge on any atom is 0.0622 e. The highest BCUT2D eigenvalue weighted by Crippen LogP contribution is 2.32. The average molecular weight is 212 g/mol. The van der Waals surface area contributed by atoms with Crippen molar-refractivity contribution in [2.45, 2.75) is 83.7 Å². The molecule has 1 heteroatoms. The summed E-state index contributed by atoms with van der Waals surface area (Å²) in [6, 6.07) is 0. The molecule has 0 aromatic carbocycles.